The van der Waals surface area contributed by atoms with E-state index in [2.05, 4.69) is 20.3 Å². The second kappa shape index (κ2) is 9.30. The van der Waals surface area contributed by atoms with Gasteiger partial charge in [-0.1, -0.05) is 25.4 Å². The smallest absolute Gasteiger partial charge is 0.274 e. The summed E-state index contributed by atoms with van der Waals surface area (Å²) in [5.41, 5.74) is 2.19. The van der Waals surface area contributed by atoms with Gasteiger partial charge in [0, 0.05) is 25.5 Å². The summed E-state index contributed by atoms with van der Waals surface area (Å²) in [5.74, 6) is 0.420. The second-order valence-corrected chi connectivity index (χ2v) is 7.69. The molecule has 1 aliphatic heterocycles. The quantitative estimate of drug-likeness (QED) is 0.633. The first kappa shape index (κ1) is 20.5. The summed E-state index contributed by atoms with van der Waals surface area (Å²) < 4.78 is 0.838. The van der Waals surface area contributed by atoms with Crippen LogP contribution in [0.3, 0.4) is 0 Å². The van der Waals surface area contributed by atoms with Crippen LogP contribution in [-0.4, -0.2) is 38.8 Å². The van der Waals surface area contributed by atoms with E-state index in [1.165, 1.54) is 11.3 Å². The molecule has 1 aliphatic rings. The maximum atomic E-state index is 12.9. The van der Waals surface area contributed by atoms with E-state index in [0.29, 0.717) is 16.7 Å². The number of rotatable bonds is 4. The van der Waals surface area contributed by atoms with E-state index in [0.717, 1.165) is 41.7 Å². The molecule has 1 fully saturated rings. The predicted octanol–water partition coefficient (Wildman–Crippen LogP) is 5.18. The molecule has 28 heavy (non-hydrogen) atoms. The number of carbonyl (C=O) groups excluding carboxylic acids is 1. The Hall–Kier alpha value is -2.25. The van der Waals surface area contributed by atoms with Crippen LogP contribution in [0.25, 0.3) is 10.2 Å². The van der Waals surface area contributed by atoms with Crippen LogP contribution in [0.4, 0.5) is 5.95 Å². The molecule has 4 rings (SSSR count). The van der Waals surface area contributed by atoms with Crippen molar-refractivity contribution < 1.29 is 4.79 Å². The van der Waals surface area contributed by atoms with Gasteiger partial charge in [0.15, 0.2) is 5.69 Å². The summed E-state index contributed by atoms with van der Waals surface area (Å²) in [6.07, 6.45) is 5.45. The minimum Gasteiger partial charge on any atom is -0.348 e. The minimum atomic E-state index is -0.0907. The van der Waals surface area contributed by atoms with Gasteiger partial charge >= 0.3 is 0 Å². The summed E-state index contributed by atoms with van der Waals surface area (Å²) in [6, 6.07) is 3.68. The van der Waals surface area contributed by atoms with Crippen molar-refractivity contribution >= 4 is 45.0 Å². The molecule has 8 heteroatoms. The Balaban J connectivity index is 0.00000109. The average molecular weight is 418 g/mol. The summed E-state index contributed by atoms with van der Waals surface area (Å²) in [5, 5.41) is 5.78. The van der Waals surface area contributed by atoms with Crippen LogP contribution < -0.4 is 5.32 Å². The highest BCUT2D eigenvalue weighted by atomic mass is 35.5. The van der Waals surface area contributed by atoms with E-state index in [-0.39, 0.29) is 11.9 Å². The lowest BCUT2D eigenvalue weighted by Crippen LogP contribution is -2.28. The number of thiophene rings is 1. The number of aromatic nitrogens is 3. The number of amides is 1. The molecule has 1 atom stereocenters. The standard InChI is InChI=1S/C18H18ClN5OS.C2H6/c1-11(12-8-13(19)10-20-9-12)21-18-22-14-4-7-26-16(14)15(23-18)17(25)24-5-2-3-6-24;1-2/h4,7-11H,2-3,5-6H2,1H3,(H,21,22,23);1-2H3. The van der Waals surface area contributed by atoms with Crippen molar-refractivity contribution in [1.29, 1.82) is 0 Å². The number of nitrogens with zero attached hydrogens (tertiary/aromatic N) is 4. The van der Waals surface area contributed by atoms with Crippen molar-refractivity contribution in [3.63, 3.8) is 0 Å². The van der Waals surface area contributed by atoms with Crippen molar-refractivity contribution in [1.82, 2.24) is 19.9 Å². The molecule has 148 valence electrons. The van der Waals surface area contributed by atoms with Crippen molar-refractivity contribution in [2.24, 2.45) is 0 Å². The monoisotopic (exact) mass is 417 g/mol. The molecule has 0 aromatic carbocycles. The summed E-state index contributed by atoms with van der Waals surface area (Å²) in [6.45, 7) is 7.57. The number of hydrogen-bond acceptors (Lipinski definition) is 6. The first-order chi connectivity index (χ1) is 13.6. The van der Waals surface area contributed by atoms with Crippen LogP contribution in [0.15, 0.2) is 29.9 Å². The van der Waals surface area contributed by atoms with E-state index >= 15 is 0 Å². The zero-order chi connectivity index (χ0) is 20.1. The zero-order valence-electron chi connectivity index (χ0n) is 16.3. The SMILES string of the molecule is CC.CC(Nc1nc(C(=O)N2CCCC2)c2sccc2n1)c1cncc(Cl)c1. The first-order valence-electron chi connectivity index (χ1n) is 9.53. The Bertz CT molecular complexity index is 955. The van der Waals surface area contributed by atoms with Gasteiger partial charge < -0.3 is 10.2 Å². The molecule has 1 saturated heterocycles. The molecular formula is C20H24ClN5OS. The maximum absolute atomic E-state index is 12.9. The lowest BCUT2D eigenvalue weighted by atomic mass is 10.1. The third-order valence-electron chi connectivity index (χ3n) is 4.47. The molecule has 0 bridgehead atoms. The number of fused-ring (bicyclic) bond motifs is 1. The molecule has 4 heterocycles. The Kier molecular flexibility index (Phi) is 6.80. The van der Waals surface area contributed by atoms with E-state index in [4.69, 9.17) is 11.6 Å². The van der Waals surface area contributed by atoms with Gasteiger partial charge in [-0.05, 0) is 42.8 Å². The fourth-order valence-electron chi connectivity index (χ4n) is 3.09. The molecule has 0 spiro atoms. The Morgan fingerprint density at radius 1 is 1.25 bits per heavy atom. The second-order valence-electron chi connectivity index (χ2n) is 6.33. The van der Waals surface area contributed by atoms with Gasteiger partial charge in [-0.3, -0.25) is 9.78 Å². The van der Waals surface area contributed by atoms with Crippen molar-refractivity contribution in [2.75, 3.05) is 18.4 Å². The number of pyridine rings is 1. The zero-order valence-corrected chi connectivity index (χ0v) is 17.8. The summed E-state index contributed by atoms with van der Waals surface area (Å²) in [4.78, 5) is 28.0. The molecule has 6 nitrogen and oxygen atoms in total. The lowest BCUT2D eigenvalue weighted by molar-refractivity contribution is 0.0789. The van der Waals surface area contributed by atoms with Crippen molar-refractivity contribution in [3.8, 4) is 0 Å². The third kappa shape index (κ3) is 4.42. The highest BCUT2D eigenvalue weighted by Crippen LogP contribution is 2.27. The summed E-state index contributed by atoms with van der Waals surface area (Å²) >= 11 is 7.52. The fourth-order valence-corrected chi connectivity index (χ4v) is 4.08. The van der Waals surface area contributed by atoms with Crippen LogP contribution in [0, 0.1) is 0 Å². The molecule has 0 radical (unpaired) electrons. The largest absolute Gasteiger partial charge is 0.348 e. The molecule has 1 unspecified atom stereocenters. The van der Waals surface area contributed by atoms with Gasteiger partial charge in [0.2, 0.25) is 5.95 Å². The number of halogens is 1. The molecule has 1 N–H and O–H groups in total. The van der Waals surface area contributed by atoms with E-state index in [1.807, 2.05) is 43.2 Å². The van der Waals surface area contributed by atoms with E-state index in [1.54, 1.807) is 12.4 Å². The highest BCUT2D eigenvalue weighted by Gasteiger charge is 2.24. The van der Waals surface area contributed by atoms with Gasteiger partial charge in [0.05, 0.1) is 21.3 Å². The number of nitrogens with one attached hydrogen (secondary N) is 1. The molecule has 0 aliphatic carbocycles. The third-order valence-corrected chi connectivity index (χ3v) is 5.59. The van der Waals surface area contributed by atoms with E-state index < -0.39 is 0 Å². The first-order valence-corrected chi connectivity index (χ1v) is 10.8. The number of anilines is 1. The number of carbonyl (C=O) groups is 1. The van der Waals surface area contributed by atoms with Crippen molar-refractivity contribution in [3.05, 3.63) is 46.2 Å². The highest BCUT2D eigenvalue weighted by molar-refractivity contribution is 7.17. The number of hydrogen-bond donors (Lipinski definition) is 1. The maximum Gasteiger partial charge on any atom is 0.274 e. The molecule has 1 amide bonds. The van der Waals surface area contributed by atoms with Crippen LogP contribution in [0.5, 0.6) is 0 Å². The minimum absolute atomic E-state index is 0.0162. The Morgan fingerprint density at radius 2 is 2.00 bits per heavy atom. The summed E-state index contributed by atoms with van der Waals surface area (Å²) in [7, 11) is 0. The van der Waals surface area contributed by atoms with Gasteiger partial charge in [-0.15, -0.1) is 11.3 Å². The average Bonchev–Trinajstić information content (AvgIpc) is 3.40. The topological polar surface area (TPSA) is 71.0 Å². The van der Waals surface area contributed by atoms with Crippen LogP contribution in [-0.2, 0) is 0 Å². The Morgan fingerprint density at radius 3 is 2.71 bits per heavy atom. The normalized spacial score (nSPS) is 14.5. The van der Waals surface area contributed by atoms with Crippen LogP contribution >= 0.6 is 22.9 Å². The van der Waals surface area contributed by atoms with E-state index in [9.17, 15) is 4.79 Å². The lowest BCUT2D eigenvalue weighted by Gasteiger charge is -2.17. The fraction of sp³-hybridized carbons (Fsp3) is 0.400. The predicted molar refractivity (Wildman–Crippen MR) is 115 cm³/mol. The Labute approximate surface area is 174 Å². The number of likely N-dealkylation sites (tertiary alicyclic amines) is 1. The van der Waals surface area contributed by atoms with Gasteiger partial charge in [-0.25, -0.2) is 9.97 Å². The molecule has 3 aromatic heterocycles. The molecular weight excluding hydrogens is 394 g/mol. The van der Waals surface area contributed by atoms with Crippen LogP contribution in [0.2, 0.25) is 5.02 Å². The van der Waals surface area contributed by atoms with Crippen molar-refractivity contribution in [2.45, 2.75) is 39.7 Å². The molecule has 0 saturated carbocycles. The van der Waals surface area contributed by atoms with Gasteiger partial charge in [-0.2, -0.15) is 0 Å². The van der Waals surface area contributed by atoms with Gasteiger partial charge in [0.25, 0.3) is 5.91 Å². The molecule has 3 aromatic rings. The van der Waals surface area contributed by atoms with Gasteiger partial charge in [0.1, 0.15) is 0 Å². The van der Waals surface area contributed by atoms with Crippen LogP contribution in [0.1, 0.15) is 55.7 Å².